The standard InChI is InChI=1S/C20H23NO5.C14H21N3O3.C12H15NO4.C4H8O/c1-20(2,3)26-19(23)21-15-8-6-7-13(11-15)18(22)14-9-10-16(24-4)17(12-14)25-5;1-14(2,3)20-13(19)16-11-8-6-7-10(9-11)12(18)17(5)15-4;1-12(2,3)17-11(16)13-9-6-4-5-8(7-9)10(14)15;1-2-4-5-3-1/h6-12H,1-5H3,(H,21,23);6-9,15H,1-5H3,(H,16,19);4-7H,1-3H3,(H,13,16)(H,14,15);1-4H2. The molecule has 68 heavy (non-hydrogen) atoms. The second-order valence-corrected chi connectivity index (χ2v) is 17.7. The number of hydrogen-bond acceptors (Lipinski definition) is 13. The van der Waals surface area contributed by atoms with Gasteiger partial charge < -0.3 is 33.5 Å². The summed E-state index contributed by atoms with van der Waals surface area (Å²) in [5.74, 6) is -0.414. The topological polar surface area (TPSA) is 229 Å². The van der Waals surface area contributed by atoms with E-state index in [9.17, 15) is 28.8 Å². The van der Waals surface area contributed by atoms with E-state index in [1.54, 1.807) is 155 Å². The molecular formula is C50H67N5O13. The number of carbonyl (C=O) groups excluding carboxylic acids is 5. The fourth-order valence-corrected chi connectivity index (χ4v) is 5.41. The zero-order valence-corrected chi connectivity index (χ0v) is 41.3. The number of amides is 4. The number of aromatic carboxylic acids is 1. The smallest absolute Gasteiger partial charge is 0.412 e. The fourth-order valence-electron chi connectivity index (χ4n) is 5.41. The molecule has 4 amide bonds. The zero-order valence-electron chi connectivity index (χ0n) is 41.3. The molecule has 1 aliphatic rings. The summed E-state index contributed by atoms with van der Waals surface area (Å²) >= 11 is 0. The van der Waals surface area contributed by atoms with Crippen LogP contribution in [0.2, 0.25) is 0 Å². The molecule has 370 valence electrons. The average Bonchev–Trinajstić information content (AvgIpc) is 3.85. The van der Waals surface area contributed by atoms with Gasteiger partial charge in [-0.3, -0.25) is 30.5 Å². The number of nitrogens with zero attached hydrogens (tertiary/aromatic N) is 1. The predicted molar refractivity (Wildman–Crippen MR) is 260 cm³/mol. The molecule has 4 aromatic carbocycles. The second-order valence-electron chi connectivity index (χ2n) is 17.7. The maximum Gasteiger partial charge on any atom is 0.412 e. The van der Waals surface area contributed by atoms with Gasteiger partial charge in [-0.1, -0.05) is 24.3 Å². The molecule has 0 saturated carbocycles. The Labute approximate surface area is 398 Å². The van der Waals surface area contributed by atoms with E-state index in [0.29, 0.717) is 45.3 Å². The van der Waals surface area contributed by atoms with Crippen LogP contribution in [0.5, 0.6) is 11.5 Å². The molecule has 4 aromatic rings. The number of nitrogens with one attached hydrogen (secondary N) is 4. The quantitative estimate of drug-likeness (QED) is 0.0566. The van der Waals surface area contributed by atoms with Gasteiger partial charge in [0.25, 0.3) is 5.91 Å². The van der Waals surface area contributed by atoms with Gasteiger partial charge >= 0.3 is 24.2 Å². The molecule has 5 N–H and O–H groups in total. The molecule has 18 heteroatoms. The Hall–Kier alpha value is -7.18. The van der Waals surface area contributed by atoms with Gasteiger partial charge in [0.05, 0.1) is 19.8 Å². The van der Waals surface area contributed by atoms with E-state index in [4.69, 9.17) is 33.5 Å². The van der Waals surface area contributed by atoms with Crippen molar-refractivity contribution in [2.45, 2.75) is 92.0 Å². The number of rotatable bonds is 10. The minimum atomic E-state index is -1.04. The number of carboxylic acids is 1. The van der Waals surface area contributed by atoms with Crippen molar-refractivity contribution in [3.63, 3.8) is 0 Å². The molecular weight excluding hydrogens is 879 g/mol. The zero-order chi connectivity index (χ0) is 51.2. The number of methoxy groups -OCH3 is 2. The maximum atomic E-state index is 12.7. The van der Waals surface area contributed by atoms with E-state index in [-0.39, 0.29) is 17.3 Å². The molecule has 1 heterocycles. The highest BCUT2D eigenvalue weighted by atomic mass is 16.6. The number of hydrogen-bond donors (Lipinski definition) is 5. The first kappa shape index (κ1) is 56.9. The van der Waals surface area contributed by atoms with Crippen molar-refractivity contribution in [2.75, 3.05) is 57.5 Å². The van der Waals surface area contributed by atoms with Crippen LogP contribution in [0.1, 0.15) is 112 Å². The Balaban J connectivity index is 0.000000339. The molecule has 0 unspecified atom stereocenters. The number of anilines is 3. The number of carboxylic acid groups (broad SMARTS) is 1. The molecule has 1 fully saturated rings. The summed E-state index contributed by atoms with van der Waals surface area (Å²) in [7, 11) is 6.32. The molecule has 18 nitrogen and oxygen atoms in total. The van der Waals surface area contributed by atoms with Crippen LogP contribution in [0, 0.1) is 0 Å². The highest BCUT2D eigenvalue weighted by Gasteiger charge is 2.20. The Morgan fingerprint density at radius 1 is 0.544 bits per heavy atom. The van der Waals surface area contributed by atoms with E-state index in [0.717, 1.165) is 13.2 Å². The third kappa shape index (κ3) is 22.3. The number of benzene rings is 4. The minimum Gasteiger partial charge on any atom is -0.493 e. The van der Waals surface area contributed by atoms with Crippen molar-refractivity contribution in [1.29, 1.82) is 0 Å². The lowest BCUT2D eigenvalue weighted by Crippen LogP contribution is -2.36. The molecule has 5 rings (SSSR count). The lowest BCUT2D eigenvalue weighted by Gasteiger charge is -2.20. The van der Waals surface area contributed by atoms with Crippen LogP contribution in [-0.2, 0) is 18.9 Å². The second kappa shape index (κ2) is 26.8. The summed E-state index contributed by atoms with van der Waals surface area (Å²) in [6.45, 7) is 18.0. The van der Waals surface area contributed by atoms with Gasteiger partial charge in [0.2, 0.25) is 0 Å². The Bertz CT molecular complexity index is 2300. The summed E-state index contributed by atoms with van der Waals surface area (Å²) < 4.78 is 30.8. The van der Waals surface area contributed by atoms with Gasteiger partial charge in [-0.2, -0.15) is 0 Å². The molecule has 0 atom stereocenters. The SMILES string of the molecule is C1CCOC1.CC(C)(C)OC(=O)Nc1cccc(C(=O)O)c1.CNN(C)C(=O)c1cccc(NC(=O)OC(C)(C)C)c1.COc1ccc(C(=O)c2cccc(NC(=O)OC(C)(C)C)c2)cc1OC. The van der Waals surface area contributed by atoms with E-state index < -0.39 is 41.1 Å². The molecule has 1 saturated heterocycles. The van der Waals surface area contributed by atoms with Gasteiger partial charge in [0.15, 0.2) is 17.3 Å². The summed E-state index contributed by atoms with van der Waals surface area (Å²) in [5.41, 5.74) is 3.82. The van der Waals surface area contributed by atoms with Crippen molar-refractivity contribution in [3.8, 4) is 11.5 Å². The lowest BCUT2D eigenvalue weighted by molar-refractivity contribution is 0.0624. The van der Waals surface area contributed by atoms with Crippen LogP contribution < -0.4 is 30.8 Å². The normalized spacial score (nSPS) is 11.8. The first-order valence-corrected chi connectivity index (χ1v) is 21.6. The largest absolute Gasteiger partial charge is 0.493 e. The molecule has 0 spiro atoms. The predicted octanol–water partition coefficient (Wildman–Crippen LogP) is 10.1. The summed E-state index contributed by atoms with van der Waals surface area (Å²) in [5, 5.41) is 17.8. The molecule has 0 aliphatic carbocycles. The highest BCUT2D eigenvalue weighted by molar-refractivity contribution is 6.10. The van der Waals surface area contributed by atoms with Gasteiger partial charge in [-0.05, 0) is 142 Å². The maximum absolute atomic E-state index is 12.7. The number of ether oxygens (including phenoxy) is 6. The van der Waals surface area contributed by atoms with Crippen molar-refractivity contribution in [3.05, 3.63) is 113 Å². The molecule has 1 aliphatic heterocycles. The van der Waals surface area contributed by atoms with Crippen molar-refractivity contribution < 1.29 is 62.3 Å². The first-order chi connectivity index (χ1) is 31.7. The lowest BCUT2D eigenvalue weighted by atomic mass is 10.0. The minimum absolute atomic E-state index is 0.110. The van der Waals surface area contributed by atoms with E-state index in [1.807, 2.05) is 0 Å². The van der Waals surface area contributed by atoms with Crippen LogP contribution >= 0.6 is 0 Å². The summed E-state index contributed by atoms with van der Waals surface area (Å²) in [6, 6.07) is 24.3. The first-order valence-electron chi connectivity index (χ1n) is 21.6. The molecule has 0 bridgehead atoms. The number of ketones is 1. The highest BCUT2D eigenvalue weighted by Crippen LogP contribution is 2.29. The third-order valence-corrected chi connectivity index (χ3v) is 8.39. The number of carbonyl (C=O) groups is 6. The van der Waals surface area contributed by atoms with Crippen LogP contribution in [0.25, 0.3) is 0 Å². The average molecular weight is 946 g/mol. The van der Waals surface area contributed by atoms with Gasteiger partial charge in [0, 0.05) is 61.1 Å². The molecule has 0 radical (unpaired) electrons. The Morgan fingerprint density at radius 2 is 0.926 bits per heavy atom. The third-order valence-electron chi connectivity index (χ3n) is 8.39. The van der Waals surface area contributed by atoms with Crippen LogP contribution in [0.4, 0.5) is 31.4 Å². The van der Waals surface area contributed by atoms with Crippen molar-refractivity contribution >= 4 is 53.0 Å². The summed E-state index contributed by atoms with van der Waals surface area (Å²) in [6.07, 6.45) is 0.817. The van der Waals surface area contributed by atoms with Gasteiger partial charge in [0.1, 0.15) is 16.8 Å². The van der Waals surface area contributed by atoms with E-state index >= 15 is 0 Å². The van der Waals surface area contributed by atoms with Crippen LogP contribution in [-0.4, -0.2) is 104 Å². The fraction of sp³-hybridized carbons (Fsp3) is 0.400. The van der Waals surface area contributed by atoms with Crippen molar-refractivity contribution in [1.82, 2.24) is 10.4 Å². The van der Waals surface area contributed by atoms with Gasteiger partial charge in [-0.15, -0.1) is 0 Å². The van der Waals surface area contributed by atoms with Crippen LogP contribution in [0.3, 0.4) is 0 Å². The summed E-state index contributed by atoms with van der Waals surface area (Å²) in [4.78, 5) is 70.4. The Morgan fingerprint density at radius 3 is 1.29 bits per heavy atom. The van der Waals surface area contributed by atoms with Crippen LogP contribution in [0.15, 0.2) is 91.0 Å². The van der Waals surface area contributed by atoms with Crippen molar-refractivity contribution in [2.24, 2.45) is 0 Å². The number of hydrazine groups is 1. The molecule has 0 aromatic heterocycles. The Kier molecular flexibility index (Phi) is 22.5. The van der Waals surface area contributed by atoms with E-state index in [1.165, 1.54) is 44.2 Å². The van der Waals surface area contributed by atoms with E-state index in [2.05, 4.69) is 21.4 Å². The monoisotopic (exact) mass is 945 g/mol. The van der Waals surface area contributed by atoms with Gasteiger partial charge in [-0.25, -0.2) is 24.6 Å².